The van der Waals surface area contributed by atoms with Gasteiger partial charge >= 0.3 is 5.97 Å². The van der Waals surface area contributed by atoms with Crippen molar-refractivity contribution >= 4 is 32.8 Å². The third-order valence-corrected chi connectivity index (χ3v) is 3.69. The van der Waals surface area contributed by atoms with Crippen molar-refractivity contribution in [3.63, 3.8) is 0 Å². The number of esters is 1. The largest absolute Gasteiger partial charge is 0.469 e. The van der Waals surface area contributed by atoms with Crippen LogP contribution in [0, 0.1) is 0 Å². The van der Waals surface area contributed by atoms with Crippen LogP contribution in [0.3, 0.4) is 0 Å². The van der Waals surface area contributed by atoms with Crippen molar-refractivity contribution in [1.29, 1.82) is 0 Å². The lowest BCUT2D eigenvalue weighted by atomic mass is 10.2. The molecule has 2 rings (SSSR count). The topological polar surface area (TPSA) is 34.5 Å². The second-order valence-corrected chi connectivity index (χ2v) is 5.99. The first-order chi connectivity index (χ1) is 9.51. The Morgan fingerprint density at radius 3 is 2.80 bits per heavy atom. The molecule has 2 aromatic rings. The number of carbonyl (C=O) groups is 1. The van der Waals surface area contributed by atoms with Gasteiger partial charge in [-0.1, -0.05) is 15.9 Å². The van der Waals surface area contributed by atoms with E-state index in [1.807, 2.05) is 6.07 Å². The second-order valence-electron chi connectivity index (χ2n) is 5.07. The van der Waals surface area contributed by atoms with Gasteiger partial charge in [-0.3, -0.25) is 4.79 Å². The number of aryl methyl sites for hydroxylation is 1. The predicted octanol–water partition coefficient (Wildman–Crippen LogP) is 3.03. The predicted molar refractivity (Wildman–Crippen MR) is 83.7 cm³/mol. The Morgan fingerprint density at radius 1 is 1.40 bits per heavy atom. The summed E-state index contributed by atoms with van der Waals surface area (Å²) in [6.45, 7) is 1.51. The first-order valence-corrected chi connectivity index (χ1v) is 7.29. The number of halogens is 1. The van der Waals surface area contributed by atoms with Crippen molar-refractivity contribution in [2.45, 2.75) is 19.5 Å². The van der Waals surface area contributed by atoms with Gasteiger partial charge in [-0.2, -0.15) is 0 Å². The maximum Gasteiger partial charge on any atom is 0.307 e. The molecule has 1 aromatic heterocycles. The van der Waals surface area contributed by atoms with Crippen LogP contribution < -0.4 is 0 Å². The van der Waals surface area contributed by atoms with Crippen molar-refractivity contribution < 1.29 is 9.53 Å². The van der Waals surface area contributed by atoms with Gasteiger partial charge in [-0.15, -0.1) is 0 Å². The molecule has 0 N–H and O–H groups in total. The highest BCUT2D eigenvalue weighted by atomic mass is 79.9. The molecule has 1 heterocycles. The highest BCUT2D eigenvalue weighted by molar-refractivity contribution is 9.10. The summed E-state index contributed by atoms with van der Waals surface area (Å²) in [5, 5.41) is 1.22. The van der Waals surface area contributed by atoms with Gasteiger partial charge in [-0.05, 0) is 37.9 Å². The van der Waals surface area contributed by atoms with Crippen molar-refractivity contribution in [1.82, 2.24) is 9.47 Å². The second kappa shape index (κ2) is 6.41. The highest BCUT2D eigenvalue weighted by Crippen LogP contribution is 2.26. The van der Waals surface area contributed by atoms with Crippen LogP contribution in [0.15, 0.2) is 28.9 Å². The summed E-state index contributed by atoms with van der Waals surface area (Å²) in [6.07, 6.45) is 2.51. The minimum atomic E-state index is -0.182. The molecule has 4 nitrogen and oxygen atoms in total. The molecule has 5 heteroatoms. The lowest BCUT2D eigenvalue weighted by Gasteiger charge is -2.07. The zero-order valence-corrected chi connectivity index (χ0v) is 13.6. The lowest BCUT2D eigenvalue weighted by Crippen LogP contribution is -2.10. The summed E-state index contributed by atoms with van der Waals surface area (Å²) >= 11 is 3.52. The van der Waals surface area contributed by atoms with Crippen molar-refractivity contribution in [2.75, 3.05) is 21.2 Å². The molecule has 0 atom stereocenters. The standard InChI is InChI=1S/C15H19BrN2O2/c1-17(2)9-11-10-18(7-6-15(19)20-3)14-5-4-12(16)8-13(11)14/h4-5,8,10H,6-7,9H2,1-3H3. The van der Waals surface area contributed by atoms with E-state index >= 15 is 0 Å². The van der Waals surface area contributed by atoms with Gasteiger partial charge in [-0.25, -0.2) is 0 Å². The molecule has 0 aliphatic heterocycles. The monoisotopic (exact) mass is 338 g/mol. The molecule has 0 fully saturated rings. The van der Waals surface area contributed by atoms with Crippen LogP contribution in [0.4, 0.5) is 0 Å². The number of nitrogens with zero attached hydrogens (tertiary/aromatic N) is 2. The Balaban J connectivity index is 2.36. The average Bonchev–Trinajstić information content (AvgIpc) is 2.73. The van der Waals surface area contributed by atoms with Crippen molar-refractivity contribution in [3.8, 4) is 0 Å². The molecule has 20 heavy (non-hydrogen) atoms. The number of aromatic nitrogens is 1. The van der Waals surface area contributed by atoms with Gasteiger partial charge in [0.1, 0.15) is 0 Å². The molecule has 0 saturated heterocycles. The van der Waals surface area contributed by atoms with E-state index in [2.05, 4.69) is 57.8 Å². The third-order valence-electron chi connectivity index (χ3n) is 3.20. The fourth-order valence-electron chi connectivity index (χ4n) is 2.31. The smallest absolute Gasteiger partial charge is 0.307 e. The van der Waals surface area contributed by atoms with Crippen LogP contribution >= 0.6 is 15.9 Å². The van der Waals surface area contributed by atoms with Crippen molar-refractivity contribution in [3.05, 3.63) is 34.4 Å². The molecule has 0 spiro atoms. The summed E-state index contributed by atoms with van der Waals surface area (Å²) in [7, 11) is 5.52. The van der Waals surface area contributed by atoms with E-state index in [-0.39, 0.29) is 5.97 Å². The zero-order valence-electron chi connectivity index (χ0n) is 12.0. The van der Waals surface area contributed by atoms with Crippen LogP contribution in [0.25, 0.3) is 10.9 Å². The molecule has 0 bridgehead atoms. The third kappa shape index (κ3) is 3.41. The Bertz CT molecular complexity index is 620. The maximum absolute atomic E-state index is 11.3. The molecular formula is C15H19BrN2O2. The highest BCUT2D eigenvalue weighted by Gasteiger charge is 2.11. The number of methoxy groups -OCH3 is 1. The van der Waals surface area contributed by atoms with Crippen LogP contribution in [0.1, 0.15) is 12.0 Å². The Kier molecular flexibility index (Phi) is 4.83. The van der Waals surface area contributed by atoms with Crippen LogP contribution in [-0.2, 0) is 22.6 Å². The molecule has 0 aliphatic rings. The zero-order chi connectivity index (χ0) is 14.7. The van der Waals surface area contributed by atoms with E-state index in [4.69, 9.17) is 4.74 Å². The lowest BCUT2D eigenvalue weighted by molar-refractivity contribution is -0.140. The van der Waals surface area contributed by atoms with Crippen LogP contribution in [-0.4, -0.2) is 36.6 Å². The van der Waals surface area contributed by atoms with E-state index in [1.165, 1.54) is 18.1 Å². The fourth-order valence-corrected chi connectivity index (χ4v) is 2.67. The Hall–Kier alpha value is -1.33. The van der Waals surface area contributed by atoms with E-state index in [0.29, 0.717) is 13.0 Å². The van der Waals surface area contributed by atoms with E-state index in [1.54, 1.807) is 0 Å². The molecule has 0 aliphatic carbocycles. The molecule has 0 radical (unpaired) electrons. The van der Waals surface area contributed by atoms with Gasteiger partial charge in [0.15, 0.2) is 0 Å². The minimum Gasteiger partial charge on any atom is -0.469 e. The summed E-state index contributed by atoms with van der Waals surface area (Å²) in [5.74, 6) is -0.182. The molecule has 108 valence electrons. The van der Waals surface area contributed by atoms with Gasteiger partial charge < -0.3 is 14.2 Å². The van der Waals surface area contributed by atoms with Gasteiger partial charge in [0.2, 0.25) is 0 Å². The molecule has 0 saturated carbocycles. The Morgan fingerprint density at radius 2 is 2.15 bits per heavy atom. The fraction of sp³-hybridized carbons (Fsp3) is 0.400. The van der Waals surface area contributed by atoms with Gasteiger partial charge in [0.25, 0.3) is 0 Å². The first-order valence-electron chi connectivity index (χ1n) is 6.50. The van der Waals surface area contributed by atoms with E-state index in [9.17, 15) is 4.79 Å². The number of benzene rings is 1. The number of hydrogen-bond acceptors (Lipinski definition) is 3. The van der Waals surface area contributed by atoms with Gasteiger partial charge in [0.05, 0.1) is 13.5 Å². The number of fused-ring (bicyclic) bond motifs is 1. The first kappa shape index (κ1) is 15.1. The molecule has 0 amide bonds. The van der Waals surface area contributed by atoms with Gasteiger partial charge in [0, 0.05) is 34.7 Å². The van der Waals surface area contributed by atoms with Crippen LogP contribution in [0.5, 0.6) is 0 Å². The summed E-state index contributed by atoms with van der Waals surface area (Å²) in [6, 6.07) is 6.23. The van der Waals surface area contributed by atoms with E-state index < -0.39 is 0 Å². The van der Waals surface area contributed by atoms with Crippen LogP contribution in [0.2, 0.25) is 0 Å². The quantitative estimate of drug-likeness (QED) is 0.786. The summed E-state index contributed by atoms with van der Waals surface area (Å²) < 4.78 is 7.89. The normalized spacial score (nSPS) is 11.2. The summed E-state index contributed by atoms with van der Waals surface area (Å²) in [4.78, 5) is 13.4. The number of ether oxygens (including phenoxy) is 1. The van der Waals surface area contributed by atoms with E-state index in [0.717, 1.165) is 16.5 Å². The Labute approximate surface area is 127 Å². The molecular weight excluding hydrogens is 320 g/mol. The minimum absolute atomic E-state index is 0.182. The van der Waals surface area contributed by atoms with Crippen molar-refractivity contribution in [2.24, 2.45) is 0 Å². The number of hydrogen-bond donors (Lipinski definition) is 0. The molecule has 0 unspecified atom stereocenters. The number of carbonyl (C=O) groups excluding carboxylic acids is 1. The summed E-state index contributed by atoms with van der Waals surface area (Å²) in [5.41, 5.74) is 2.41. The molecule has 1 aromatic carbocycles. The number of rotatable bonds is 5. The SMILES string of the molecule is COC(=O)CCn1cc(CN(C)C)c2cc(Br)ccc21. The average molecular weight is 339 g/mol. The maximum atomic E-state index is 11.3.